The largest absolute Gasteiger partial charge is 0.295 e. The van der Waals surface area contributed by atoms with Crippen molar-refractivity contribution in [3.63, 3.8) is 0 Å². The quantitative estimate of drug-likeness (QED) is 0.489. The highest BCUT2D eigenvalue weighted by Crippen LogP contribution is 2.67. The number of aromatic nitrogens is 1. The summed E-state index contributed by atoms with van der Waals surface area (Å²) in [5.41, 5.74) is 3.80. The smallest absolute Gasteiger partial charge is 0.155 e. The summed E-state index contributed by atoms with van der Waals surface area (Å²) >= 11 is 3.94. The van der Waals surface area contributed by atoms with Crippen LogP contribution in [0.2, 0.25) is 0 Å². The Balaban J connectivity index is 1.50. The lowest BCUT2D eigenvalue weighted by atomic mass is 9.46. The van der Waals surface area contributed by atoms with Crippen LogP contribution in [0.5, 0.6) is 0 Å². The molecule has 0 radical (unpaired) electrons. The van der Waals surface area contributed by atoms with Crippen molar-refractivity contribution in [2.45, 2.75) is 57.2 Å². The van der Waals surface area contributed by atoms with Crippen molar-refractivity contribution in [3.8, 4) is 0 Å². The molecule has 4 heteroatoms. The first-order valence-corrected chi connectivity index (χ1v) is 11.4. The van der Waals surface area contributed by atoms with E-state index < -0.39 is 0 Å². The third kappa shape index (κ3) is 2.56. The lowest BCUT2D eigenvalue weighted by molar-refractivity contribution is -0.117. The standard InChI is InChI=1S/C24H27BrFNO/c1-23-8-6-20-17(11-22(25)21-10-16(28)5-7-24(20,21)2)19(23)4-3-18(23)14-9-15(26)13-27-12-14/h3,9-10,12-13,17,19-20,22H,4-8,11H2,1-2H3/t17-,19-,20-,22?,23+,24+/m0/s1. The second kappa shape index (κ2) is 6.35. The van der Waals surface area contributed by atoms with Crippen molar-refractivity contribution >= 4 is 27.3 Å². The van der Waals surface area contributed by atoms with Crippen LogP contribution in [0.4, 0.5) is 4.39 Å². The molecule has 5 rings (SSSR count). The average molecular weight is 444 g/mol. The fraction of sp³-hybridized carbons (Fsp3) is 0.583. The Kier molecular flexibility index (Phi) is 4.25. The van der Waals surface area contributed by atoms with E-state index in [0.29, 0.717) is 34.8 Å². The first-order chi connectivity index (χ1) is 13.3. The molecule has 1 heterocycles. The SMILES string of the molecule is C[C@]12CCC(=O)C=C1C(Br)C[C@@H]1[C@@H]2CC[C@]2(C)C(c3cncc(F)c3)=CC[C@@H]12. The van der Waals surface area contributed by atoms with E-state index in [9.17, 15) is 9.18 Å². The Morgan fingerprint density at radius 1 is 1.18 bits per heavy atom. The van der Waals surface area contributed by atoms with Crippen LogP contribution in [-0.4, -0.2) is 15.6 Å². The summed E-state index contributed by atoms with van der Waals surface area (Å²) in [4.78, 5) is 16.5. The molecule has 4 aliphatic carbocycles. The molecule has 2 saturated carbocycles. The molecule has 4 aliphatic rings. The van der Waals surface area contributed by atoms with Crippen LogP contribution in [-0.2, 0) is 4.79 Å². The number of allylic oxidation sites excluding steroid dienone is 4. The highest BCUT2D eigenvalue weighted by atomic mass is 79.9. The Labute approximate surface area is 174 Å². The number of ketones is 1. The van der Waals surface area contributed by atoms with Gasteiger partial charge in [0.25, 0.3) is 0 Å². The molecule has 0 aliphatic heterocycles. The highest BCUT2D eigenvalue weighted by Gasteiger charge is 2.58. The zero-order valence-electron chi connectivity index (χ0n) is 16.6. The lowest BCUT2D eigenvalue weighted by Gasteiger charge is -2.59. The van der Waals surface area contributed by atoms with Gasteiger partial charge in [-0.3, -0.25) is 9.78 Å². The van der Waals surface area contributed by atoms with Crippen molar-refractivity contribution < 1.29 is 9.18 Å². The number of alkyl halides is 1. The van der Waals surface area contributed by atoms with Gasteiger partial charge in [-0.25, -0.2) is 4.39 Å². The summed E-state index contributed by atoms with van der Waals surface area (Å²) in [6, 6.07) is 1.64. The van der Waals surface area contributed by atoms with Crippen LogP contribution in [0.25, 0.3) is 5.57 Å². The Bertz CT molecular complexity index is 908. The minimum atomic E-state index is -0.258. The number of carbonyl (C=O) groups is 1. The zero-order chi connectivity index (χ0) is 19.7. The third-order valence-electron chi connectivity index (χ3n) is 8.54. The molecule has 28 heavy (non-hydrogen) atoms. The molecular weight excluding hydrogens is 417 g/mol. The number of carbonyl (C=O) groups excluding carboxylic acids is 1. The molecule has 6 atom stereocenters. The summed E-state index contributed by atoms with van der Waals surface area (Å²) in [5, 5.41) is 0. The van der Waals surface area contributed by atoms with Crippen LogP contribution in [0, 0.1) is 34.4 Å². The van der Waals surface area contributed by atoms with Crippen LogP contribution in [0.3, 0.4) is 0 Å². The molecule has 0 amide bonds. The lowest BCUT2D eigenvalue weighted by Crippen LogP contribution is -2.52. The normalized spacial score (nSPS) is 42.2. The van der Waals surface area contributed by atoms with Gasteiger partial charge < -0.3 is 0 Å². The summed E-state index contributed by atoms with van der Waals surface area (Å²) in [6.45, 7) is 4.79. The maximum Gasteiger partial charge on any atom is 0.155 e. The summed E-state index contributed by atoms with van der Waals surface area (Å²) in [5.74, 6) is 1.89. The maximum atomic E-state index is 13.8. The van der Waals surface area contributed by atoms with Crippen molar-refractivity contribution in [1.29, 1.82) is 0 Å². The zero-order valence-corrected chi connectivity index (χ0v) is 18.1. The number of hydrogen-bond acceptors (Lipinski definition) is 2. The first-order valence-electron chi connectivity index (χ1n) is 10.5. The van der Waals surface area contributed by atoms with Gasteiger partial charge in [0.2, 0.25) is 0 Å². The summed E-state index contributed by atoms with van der Waals surface area (Å²) in [7, 11) is 0. The van der Waals surface area contributed by atoms with E-state index in [0.717, 1.165) is 31.2 Å². The molecule has 0 N–H and O–H groups in total. The first kappa shape index (κ1) is 18.7. The van der Waals surface area contributed by atoms with Gasteiger partial charge in [0.05, 0.1) is 6.20 Å². The minimum absolute atomic E-state index is 0.0887. The van der Waals surface area contributed by atoms with E-state index in [1.807, 2.05) is 12.3 Å². The molecule has 0 saturated heterocycles. The van der Waals surface area contributed by atoms with Crippen molar-refractivity contribution in [2.24, 2.45) is 28.6 Å². The van der Waals surface area contributed by atoms with Gasteiger partial charge in [-0.1, -0.05) is 35.9 Å². The number of fused-ring (bicyclic) bond motifs is 5. The van der Waals surface area contributed by atoms with Gasteiger partial charge in [0, 0.05) is 17.4 Å². The molecular formula is C24H27BrFNO. The van der Waals surface area contributed by atoms with E-state index >= 15 is 0 Å². The number of rotatable bonds is 1. The van der Waals surface area contributed by atoms with Gasteiger partial charge >= 0.3 is 0 Å². The van der Waals surface area contributed by atoms with Gasteiger partial charge in [-0.05, 0) is 89.5 Å². The predicted molar refractivity (Wildman–Crippen MR) is 112 cm³/mol. The highest BCUT2D eigenvalue weighted by molar-refractivity contribution is 9.09. The Morgan fingerprint density at radius 2 is 2.00 bits per heavy atom. The minimum Gasteiger partial charge on any atom is -0.295 e. The number of pyridine rings is 1. The van der Waals surface area contributed by atoms with Crippen molar-refractivity contribution in [3.05, 3.63) is 47.6 Å². The van der Waals surface area contributed by atoms with Gasteiger partial charge in [-0.2, -0.15) is 0 Å². The molecule has 1 aromatic heterocycles. The van der Waals surface area contributed by atoms with Crippen LogP contribution < -0.4 is 0 Å². The van der Waals surface area contributed by atoms with E-state index in [-0.39, 0.29) is 16.6 Å². The van der Waals surface area contributed by atoms with Gasteiger partial charge in [-0.15, -0.1) is 0 Å². The van der Waals surface area contributed by atoms with E-state index in [1.165, 1.54) is 23.8 Å². The molecule has 0 aromatic carbocycles. The Morgan fingerprint density at radius 3 is 2.79 bits per heavy atom. The molecule has 1 unspecified atom stereocenters. The van der Waals surface area contributed by atoms with Crippen LogP contribution in [0.1, 0.15) is 57.9 Å². The molecule has 0 spiro atoms. The van der Waals surface area contributed by atoms with Crippen LogP contribution >= 0.6 is 15.9 Å². The van der Waals surface area contributed by atoms with E-state index in [1.54, 1.807) is 6.07 Å². The molecule has 148 valence electrons. The molecule has 0 bridgehead atoms. The number of nitrogens with zero attached hydrogens (tertiary/aromatic N) is 1. The molecule has 1 aromatic rings. The monoisotopic (exact) mass is 443 g/mol. The topological polar surface area (TPSA) is 30.0 Å². The average Bonchev–Trinajstić information content (AvgIpc) is 3.01. The number of hydrogen-bond donors (Lipinski definition) is 0. The van der Waals surface area contributed by atoms with Gasteiger partial charge in [0.1, 0.15) is 5.82 Å². The summed E-state index contributed by atoms with van der Waals surface area (Å²) < 4.78 is 13.8. The second-order valence-electron chi connectivity index (χ2n) is 9.77. The maximum absolute atomic E-state index is 13.8. The van der Waals surface area contributed by atoms with E-state index in [2.05, 4.69) is 40.8 Å². The fourth-order valence-electron chi connectivity index (χ4n) is 7.13. The molecule has 2 nitrogen and oxygen atoms in total. The summed E-state index contributed by atoms with van der Waals surface area (Å²) in [6.07, 6.45) is 13.5. The second-order valence-corrected chi connectivity index (χ2v) is 10.9. The molecule has 2 fully saturated rings. The van der Waals surface area contributed by atoms with Crippen molar-refractivity contribution in [1.82, 2.24) is 4.98 Å². The van der Waals surface area contributed by atoms with Crippen molar-refractivity contribution in [2.75, 3.05) is 0 Å². The predicted octanol–water partition coefficient (Wildman–Crippen LogP) is 6.12. The van der Waals surface area contributed by atoms with Crippen LogP contribution in [0.15, 0.2) is 36.2 Å². The fourth-order valence-corrected chi connectivity index (χ4v) is 8.22. The van der Waals surface area contributed by atoms with E-state index in [4.69, 9.17) is 0 Å². The number of halogens is 2. The Hall–Kier alpha value is -1.29. The third-order valence-corrected chi connectivity index (χ3v) is 9.40. The van der Waals surface area contributed by atoms with Gasteiger partial charge in [0.15, 0.2) is 5.78 Å².